The van der Waals surface area contributed by atoms with Crippen LogP contribution in [0.1, 0.15) is 84.0 Å². The number of hydrogen-bond acceptors (Lipinski definition) is 3. The lowest BCUT2D eigenvalue weighted by Gasteiger charge is -2.18. The Kier molecular flexibility index (Phi) is 12.8. The van der Waals surface area contributed by atoms with Crippen LogP contribution in [0.25, 0.3) is 0 Å². The third kappa shape index (κ3) is 10.5. The minimum Gasteiger partial charge on any atom is -0.288 e. The smallest absolute Gasteiger partial charge is 0.288 e. The summed E-state index contributed by atoms with van der Waals surface area (Å²) in [6.07, 6.45) is 9.56. The van der Waals surface area contributed by atoms with E-state index in [0.29, 0.717) is 6.42 Å². The van der Waals surface area contributed by atoms with Crippen LogP contribution in [0, 0.1) is 0 Å². The first kappa shape index (κ1) is 27.4. The number of carbonyl (C=O) groups excluding carboxylic acids is 1. The Hall–Kier alpha value is -1.63. The molecule has 0 aromatic heterocycles. The molecule has 1 aromatic rings. The van der Waals surface area contributed by atoms with Gasteiger partial charge in [0, 0.05) is 0 Å². The molecule has 3 nitrogen and oxygen atoms in total. The minimum absolute atomic E-state index is 0.249. The number of allylic oxidation sites excluding steroid dienone is 2. The number of alkyl halides is 3. The summed E-state index contributed by atoms with van der Waals surface area (Å²) in [4.78, 5) is 11.6. The molecule has 0 heterocycles. The molecule has 1 unspecified atom stereocenters. The molecule has 7 heteroatoms. The molecular formula is C24H35F3O3S. The van der Waals surface area contributed by atoms with Gasteiger partial charge in [0.05, 0.1) is 4.90 Å². The van der Waals surface area contributed by atoms with Crippen molar-refractivity contribution < 1.29 is 26.4 Å². The van der Waals surface area contributed by atoms with Gasteiger partial charge in [-0.2, -0.15) is 13.2 Å². The molecule has 0 bridgehead atoms. The van der Waals surface area contributed by atoms with Gasteiger partial charge in [-0.05, 0) is 37.8 Å². The number of hydrogen-bond donors (Lipinski definition) is 0. The number of unbranched alkanes of at least 4 members (excludes halogenated alkanes) is 9. The van der Waals surface area contributed by atoms with E-state index in [-0.39, 0.29) is 17.7 Å². The standard InChI is InChI=1S/C24H35F3O3S/c1-2-3-4-5-6-7-8-9-10-11-12-13-17-20-22(23(28)24(25,26)27)31(29,30)21-18-15-14-16-19-21/h5-6,14-16,18-19,22H,2-4,7-13,17,20H2,1H3/b6-5-. The van der Waals surface area contributed by atoms with Crippen LogP contribution in [0.2, 0.25) is 0 Å². The number of carbonyl (C=O) groups is 1. The zero-order valence-corrected chi connectivity index (χ0v) is 19.2. The largest absolute Gasteiger partial charge is 0.451 e. The monoisotopic (exact) mass is 460 g/mol. The van der Waals surface area contributed by atoms with Crippen molar-refractivity contribution in [1.82, 2.24) is 0 Å². The zero-order valence-electron chi connectivity index (χ0n) is 18.4. The van der Waals surface area contributed by atoms with E-state index >= 15 is 0 Å². The van der Waals surface area contributed by atoms with E-state index in [1.165, 1.54) is 37.1 Å². The summed E-state index contributed by atoms with van der Waals surface area (Å²) >= 11 is 0. The highest BCUT2D eigenvalue weighted by molar-refractivity contribution is 7.92. The van der Waals surface area contributed by atoms with Crippen molar-refractivity contribution in [2.75, 3.05) is 0 Å². The van der Waals surface area contributed by atoms with Crippen molar-refractivity contribution in [3.8, 4) is 0 Å². The number of halogens is 3. The number of rotatable bonds is 16. The third-order valence-electron chi connectivity index (χ3n) is 5.25. The van der Waals surface area contributed by atoms with Crippen molar-refractivity contribution in [3.05, 3.63) is 42.5 Å². The van der Waals surface area contributed by atoms with Crippen LogP contribution in [-0.2, 0) is 14.6 Å². The number of ketones is 1. The second-order valence-electron chi connectivity index (χ2n) is 7.87. The van der Waals surface area contributed by atoms with Crippen molar-refractivity contribution in [1.29, 1.82) is 0 Å². The van der Waals surface area contributed by atoms with Gasteiger partial charge in [-0.3, -0.25) is 4.79 Å². The van der Waals surface area contributed by atoms with Gasteiger partial charge in [-0.25, -0.2) is 8.42 Å². The predicted molar refractivity (Wildman–Crippen MR) is 119 cm³/mol. The zero-order chi connectivity index (χ0) is 23.2. The number of sulfone groups is 1. The number of Topliss-reactive ketones (excluding diaryl/α,β-unsaturated/α-hetero) is 1. The van der Waals surface area contributed by atoms with E-state index in [0.717, 1.165) is 44.9 Å². The second kappa shape index (κ2) is 14.4. The van der Waals surface area contributed by atoms with E-state index in [4.69, 9.17) is 0 Å². The Bertz CT molecular complexity index is 756. The molecular weight excluding hydrogens is 425 g/mol. The highest BCUT2D eigenvalue weighted by atomic mass is 32.2. The fourth-order valence-electron chi connectivity index (χ4n) is 3.42. The van der Waals surface area contributed by atoms with Crippen LogP contribution in [0.3, 0.4) is 0 Å². The van der Waals surface area contributed by atoms with Crippen LogP contribution in [0.15, 0.2) is 47.4 Å². The van der Waals surface area contributed by atoms with Crippen LogP contribution in [0.4, 0.5) is 13.2 Å². The summed E-state index contributed by atoms with van der Waals surface area (Å²) in [6.45, 7) is 2.17. The average molecular weight is 461 g/mol. The molecule has 0 spiro atoms. The Balaban J connectivity index is 2.41. The molecule has 0 saturated carbocycles. The first-order valence-electron chi connectivity index (χ1n) is 11.3. The van der Waals surface area contributed by atoms with Gasteiger partial charge in [0.2, 0.25) is 0 Å². The summed E-state index contributed by atoms with van der Waals surface area (Å²) in [7, 11) is -4.38. The Labute approximate surface area is 185 Å². The summed E-state index contributed by atoms with van der Waals surface area (Å²) in [5, 5.41) is -2.07. The molecule has 0 aliphatic rings. The molecule has 0 radical (unpaired) electrons. The van der Waals surface area contributed by atoms with Gasteiger partial charge in [-0.15, -0.1) is 0 Å². The normalized spacial score (nSPS) is 13.5. The van der Waals surface area contributed by atoms with Crippen LogP contribution in [-0.4, -0.2) is 25.6 Å². The van der Waals surface area contributed by atoms with E-state index in [1.54, 1.807) is 6.07 Å². The van der Waals surface area contributed by atoms with E-state index in [1.807, 2.05) is 0 Å². The van der Waals surface area contributed by atoms with Crippen LogP contribution >= 0.6 is 0 Å². The van der Waals surface area contributed by atoms with Gasteiger partial charge in [0.15, 0.2) is 9.84 Å². The first-order chi connectivity index (χ1) is 14.7. The fraction of sp³-hybridized carbons (Fsp3) is 0.625. The van der Waals surface area contributed by atoms with E-state index in [2.05, 4.69) is 19.1 Å². The fourth-order valence-corrected chi connectivity index (χ4v) is 5.18. The highest BCUT2D eigenvalue weighted by Gasteiger charge is 2.48. The van der Waals surface area contributed by atoms with Gasteiger partial charge < -0.3 is 0 Å². The van der Waals surface area contributed by atoms with Crippen molar-refractivity contribution in [2.45, 2.75) is 100 Å². The summed E-state index contributed by atoms with van der Waals surface area (Å²) < 4.78 is 64.3. The molecule has 1 aromatic carbocycles. The Morgan fingerprint density at radius 3 is 1.94 bits per heavy atom. The lowest BCUT2D eigenvalue weighted by Crippen LogP contribution is -2.39. The molecule has 0 fully saturated rings. The van der Waals surface area contributed by atoms with Crippen molar-refractivity contribution in [2.24, 2.45) is 0 Å². The van der Waals surface area contributed by atoms with Gasteiger partial charge in [-0.1, -0.05) is 88.6 Å². The molecule has 0 amide bonds. The van der Waals surface area contributed by atoms with Crippen molar-refractivity contribution in [3.63, 3.8) is 0 Å². The summed E-state index contributed by atoms with van der Waals surface area (Å²) in [5.74, 6) is -2.18. The topological polar surface area (TPSA) is 51.2 Å². The molecule has 0 aliphatic carbocycles. The average Bonchev–Trinajstić information content (AvgIpc) is 2.73. The lowest BCUT2D eigenvalue weighted by molar-refractivity contribution is -0.170. The Morgan fingerprint density at radius 2 is 1.39 bits per heavy atom. The predicted octanol–water partition coefficient (Wildman–Crippen LogP) is 7.22. The second-order valence-corrected chi connectivity index (χ2v) is 10.0. The molecule has 0 N–H and O–H groups in total. The lowest BCUT2D eigenvalue weighted by atomic mass is 10.0. The SMILES string of the molecule is CCCC/C=C\CCCCCCCCCC(C(=O)C(F)(F)F)S(=O)(=O)c1ccccc1. The van der Waals surface area contributed by atoms with Crippen LogP contribution in [0.5, 0.6) is 0 Å². The summed E-state index contributed by atoms with van der Waals surface area (Å²) in [6, 6.07) is 6.89. The minimum atomic E-state index is -5.17. The van der Waals surface area contributed by atoms with Gasteiger partial charge in [0.25, 0.3) is 5.78 Å². The molecule has 0 saturated heterocycles. The molecule has 0 aliphatic heterocycles. The molecule has 176 valence electrons. The first-order valence-corrected chi connectivity index (χ1v) is 12.8. The van der Waals surface area contributed by atoms with Gasteiger partial charge in [0.1, 0.15) is 5.25 Å². The molecule has 31 heavy (non-hydrogen) atoms. The Morgan fingerprint density at radius 1 is 0.871 bits per heavy atom. The van der Waals surface area contributed by atoms with Crippen LogP contribution < -0.4 is 0 Å². The van der Waals surface area contributed by atoms with E-state index in [9.17, 15) is 26.4 Å². The van der Waals surface area contributed by atoms with E-state index < -0.39 is 27.0 Å². The third-order valence-corrected chi connectivity index (χ3v) is 7.37. The quantitative estimate of drug-likeness (QED) is 0.193. The molecule has 1 atom stereocenters. The highest BCUT2D eigenvalue weighted by Crippen LogP contribution is 2.28. The van der Waals surface area contributed by atoms with Gasteiger partial charge >= 0.3 is 6.18 Å². The maximum absolute atomic E-state index is 13.0. The van der Waals surface area contributed by atoms with Crippen molar-refractivity contribution >= 4 is 15.6 Å². The summed E-state index contributed by atoms with van der Waals surface area (Å²) in [5.41, 5.74) is 0. The number of benzene rings is 1. The molecule has 1 rings (SSSR count). The maximum Gasteiger partial charge on any atom is 0.451 e. The maximum atomic E-state index is 13.0.